The quantitative estimate of drug-likeness (QED) is 0.261. The summed E-state index contributed by atoms with van der Waals surface area (Å²) in [4.78, 5) is 0. The Kier molecular flexibility index (Phi) is 3.60. The molecule has 0 saturated carbocycles. The van der Waals surface area contributed by atoms with Gasteiger partial charge in [0.05, 0.1) is 11.7 Å². The molecule has 1 heterocycles. The second-order valence-corrected chi connectivity index (χ2v) is 9.75. The summed E-state index contributed by atoms with van der Waals surface area (Å²) in [6.07, 6.45) is 1.74. The first-order valence-electron chi connectivity index (χ1n) is 11.6. The third kappa shape index (κ3) is 2.22. The van der Waals surface area contributed by atoms with Crippen molar-refractivity contribution in [2.75, 3.05) is 0 Å². The smallest absolute Gasteiger partial charge is 0.133 e. The molecular weight excluding hydrogens is 400 g/mol. The first-order chi connectivity index (χ1) is 16.1. The van der Waals surface area contributed by atoms with E-state index < -0.39 is 0 Å². The summed E-state index contributed by atoms with van der Waals surface area (Å²) in [7, 11) is 0. The van der Waals surface area contributed by atoms with Crippen molar-refractivity contribution in [3.05, 3.63) is 143 Å². The van der Waals surface area contributed by atoms with Crippen molar-refractivity contribution in [1.29, 1.82) is 0 Å². The lowest BCUT2D eigenvalue weighted by Gasteiger charge is -2.46. The van der Waals surface area contributed by atoms with Gasteiger partial charge in [-0.15, -0.1) is 0 Å². The molecule has 158 valence electrons. The number of benzene rings is 4. The average molecular weight is 425 g/mol. The summed E-state index contributed by atoms with van der Waals surface area (Å²) in [5.41, 5.74) is 11.7. The Morgan fingerprint density at radius 1 is 0.515 bits per heavy atom. The predicted octanol–water partition coefficient (Wildman–Crippen LogP) is 7.95. The van der Waals surface area contributed by atoms with Crippen LogP contribution in [0.2, 0.25) is 0 Å². The summed E-state index contributed by atoms with van der Waals surface area (Å²) in [6.45, 7) is 4.72. The lowest BCUT2D eigenvalue weighted by atomic mass is 9.55. The Labute approximate surface area is 194 Å². The molecule has 2 aliphatic carbocycles. The summed E-state index contributed by atoms with van der Waals surface area (Å²) in [6, 6.07) is 37.9. The molecule has 0 saturated heterocycles. The van der Waals surface area contributed by atoms with Crippen molar-refractivity contribution in [3.8, 4) is 22.5 Å². The number of hydrogen-bond acceptors (Lipinski definition) is 1. The molecule has 2 aliphatic rings. The molecule has 1 nitrogen and oxygen atoms in total. The lowest BCUT2D eigenvalue weighted by Crippen LogP contribution is -2.40. The minimum atomic E-state index is -0.323. The maximum Gasteiger partial charge on any atom is 0.133 e. The van der Waals surface area contributed by atoms with Crippen LogP contribution in [0.1, 0.15) is 47.2 Å². The molecule has 4 aromatic carbocycles. The minimum absolute atomic E-state index is 0.0652. The van der Waals surface area contributed by atoms with Gasteiger partial charge >= 0.3 is 0 Å². The summed E-state index contributed by atoms with van der Waals surface area (Å²) in [5.74, 6) is 0.904. The fourth-order valence-corrected chi connectivity index (χ4v) is 6.46. The largest absolute Gasteiger partial charge is 0.464 e. The molecule has 1 heteroatoms. The maximum absolute atomic E-state index is 5.74. The van der Waals surface area contributed by atoms with E-state index in [0.29, 0.717) is 0 Å². The zero-order chi connectivity index (χ0) is 22.2. The number of rotatable bonds is 1. The van der Waals surface area contributed by atoms with Gasteiger partial charge in [-0.2, -0.15) is 0 Å². The van der Waals surface area contributed by atoms with Crippen LogP contribution in [0.4, 0.5) is 0 Å². The van der Waals surface area contributed by atoms with Crippen molar-refractivity contribution in [3.63, 3.8) is 0 Å². The second kappa shape index (κ2) is 6.36. The average Bonchev–Trinajstić information content (AvgIpc) is 3.49. The van der Waals surface area contributed by atoms with E-state index in [0.717, 1.165) is 11.3 Å². The molecule has 0 amide bonds. The topological polar surface area (TPSA) is 13.1 Å². The van der Waals surface area contributed by atoms with Gasteiger partial charge in [-0.1, -0.05) is 98.8 Å². The van der Waals surface area contributed by atoms with E-state index in [1.54, 1.807) is 6.26 Å². The monoisotopic (exact) mass is 424 g/mol. The normalized spacial score (nSPS) is 16.1. The van der Waals surface area contributed by atoms with E-state index in [4.69, 9.17) is 4.42 Å². The van der Waals surface area contributed by atoms with Crippen molar-refractivity contribution < 1.29 is 4.42 Å². The highest BCUT2D eigenvalue weighted by atomic mass is 16.3. The van der Waals surface area contributed by atoms with Gasteiger partial charge in [0.2, 0.25) is 0 Å². The van der Waals surface area contributed by atoms with Gasteiger partial charge in [0.25, 0.3) is 0 Å². The van der Waals surface area contributed by atoms with E-state index >= 15 is 0 Å². The molecule has 0 unspecified atom stereocenters. The number of furan rings is 1. The fraction of sp³-hybridized carbons (Fsp3) is 0.125. The molecule has 5 aromatic rings. The van der Waals surface area contributed by atoms with Gasteiger partial charge in [-0.05, 0) is 62.7 Å². The highest BCUT2D eigenvalue weighted by Gasteiger charge is 2.53. The second-order valence-electron chi connectivity index (χ2n) is 9.75. The maximum atomic E-state index is 5.74. The van der Waals surface area contributed by atoms with Gasteiger partial charge in [0.1, 0.15) is 5.76 Å². The molecule has 0 fully saturated rings. The van der Waals surface area contributed by atoms with Gasteiger partial charge in [0.15, 0.2) is 0 Å². The Balaban J connectivity index is 1.65. The Bertz CT molecular complexity index is 1490. The van der Waals surface area contributed by atoms with Crippen molar-refractivity contribution in [1.82, 2.24) is 0 Å². The molecule has 0 radical (unpaired) electrons. The third-order valence-corrected chi connectivity index (χ3v) is 7.86. The van der Waals surface area contributed by atoms with Crippen LogP contribution in [0.3, 0.4) is 0 Å². The fourth-order valence-electron chi connectivity index (χ4n) is 6.46. The van der Waals surface area contributed by atoms with Crippen molar-refractivity contribution in [2.24, 2.45) is 0 Å². The van der Waals surface area contributed by atoms with Crippen LogP contribution in [0.25, 0.3) is 22.5 Å². The van der Waals surface area contributed by atoms with Gasteiger partial charge in [-0.3, -0.25) is 0 Å². The van der Waals surface area contributed by atoms with E-state index in [2.05, 4.69) is 105 Å². The third-order valence-electron chi connectivity index (χ3n) is 7.86. The zero-order valence-electron chi connectivity index (χ0n) is 18.8. The van der Waals surface area contributed by atoms with Crippen LogP contribution in [-0.4, -0.2) is 0 Å². The predicted molar refractivity (Wildman–Crippen MR) is 134 cm³/mol. The van der Waals surface area contributed by atoms with Crippen LogP contribution >= 0.6 is 0 Å². The van der Waals surface area contributed by atoms with Gasteiger partial charge < -0.3 is 4.42 Å². The minimum Gasteiger partial charge on any atom is -0.464 e. The molecule has 1 spiro atoms. The highest BCUT2D eigenvalue weighted by molar-refractivity contribution is 5.90. The molecule has 7 rings (SSSR count). The van der Waals surface area contributed by atoms with Crippen LogP contribution in [0, 0.1) is 0 Å². The number of fused-ring (bicyclic) bond motifs is 9. The molecule has 0 bridgehead atoms. The Morgan fingerprint density at radius 2 is 1.09 bits per heavy atom. The van der Waals surface area contributed by atoms with Crippen LogP contribution in [0.15, 0.2) is 114 Å². The Hall–Kier alpha value is -3.84. The summed E-state index contributed by atoms with van der Waals surface area (Å²) < 4.78 is 5.74. The van der Waals surface area contributed by atoms with Crippen molar-refractivity contribution >= 4 is 0 Å². The summed E-state index contributed by atoms with van der Waals surface area (Å²) >= 11 is 0. The molecule has 0 N–H and O–H groups in total. The highest BCUT2D eigenvalue weighted by Crippen LogP contribution is 2.62. The van der Waals surface area contributed by atoms with Crippen LogP contribution in [-0.2, 0) is 10.8 Å². The van der Waals surface area contributed by atoms with Gasteiger partial charge in [0, 0.05) is 11.0 Å². The molecule has 0 atom stereocenters. The van der Waals surface area contributed by atoms with E-state index in [-0.39, 0.29) is 10.8 Å². The Morgan fingerprint density at radius 3 is 1.73 bits per heavy atom. The van der Waals surface area contributed by atoms with E-state index in [9.17, 15) is 0 Å². The van der Waals surface area contributed by atoms with Crippen molar-refractivity contribution in [2.45, 2.75) is 24.7 Å². The van der Waals surface area contributed by atoms with Crippen LogP contribution in [0.5, 0.6) is 0 Å². The number of hydrogen-bond donors (Lipinski definition) is 0. The first kappa shape index (κ1) is 18.7. The van der Waals surface area contributed by atoms with Crippen LogP contribution < -0.4 is 0 Å². The first-order valence-corrected chi connectivity index (χ1v) is 11.6. The van der Waals surface area contributed by atoms with Gasteiger partial charge in [-0.25, -0.2) is 0 Å². The standard InChI is InChI=1S/C32H24O/c1-31(2)26-12-5-7-14-28(26)32(29-15-8-6-13-27(29)31)24-11-4-3-10-22(24)23-20-21(17-18-25(23)32)30-16-9-19-33-30/h3-20H,1-2H3. The van der Waals surface area contributed by atoms with E-state index in [1.165, 1.54) is 44.5 Å². The molecular formula is C32H24O. The molecule has 1 aromatic heterocycles. The SMILES string of the molecule is CC1(C)c2ccccc2C2(c3ccccc3-c3cc(-c4ccco4)ccc32)c2ccccc21. The lowest BCUT2D eigenvalue weighted by molar-refractivity contribution is 0.563. The molecule has 33 heavy (non-hydrogen) atoms. The zero-order valence-corrected chi connectivity index (χ0v) is 18.8. The molecule has 0 aliphatic heterocycles. The summed E-state index contributed by atoms with van der Waals surface area (Å²) in [5, 5.41) is 0. The van der Waals surface area contributed by atoms with E-state index in [1.807, 2.05) is 12.1 Å².